The smallest absolute Gasteiger partial charge is 0.250 e. The number of anilines is 2. The maximum atomic E-state index is 12.6. The molecule has 33 heavy (non-hydrogen) atoms. The molecule has 0 unspecified atom stereocenters. The number of ether oxygens (including phenoxy) is 2. The van der Waals surface area contributed by atoms with Crippen LogP contribution in [0, 0.1) is 0 Å². The van der Waals surface area contributed by atoms with Gasteiger partial charge >= 0.3 is 0 Å². The monoisotopic (exact) mass is 487 g/mol. The SMILES string of the molecule is CN(C)c1ccc(-c2ccnc(N[C@@H]3CO[C@@H]4[C@@H]3OC[C@@H]4NS(=O)(=O)c3cccs3)n2)cc1. The van der Waals surface area contributed by atoms with Crippen LogP contribution >= 0.6 is 11.3 Å². The Hall–Kier alpha value is -2.57. The van der Waals surface area contributed by atoms with Crippen LogP contribution in [0.1, 0.15) is 0 Å². The Labute approximate surface area is 196 Å². The average molecular weight is 488 g/mol. The van der Waals surface area contributed by atoms with Crippen molar-refractivity contribution in [3.63, 3.8) is 0 Å². The van der Waals surface area contributed by atoms with Crippen LogP contribution in [0.15, 0.2) is 58.3 Å². The van der Waals surface area contributed by atoms with Crippen molar-refractivity contribution >= 4 is 33.0 Å². The Balaban J connectivity index is 1.26. The number of hydrogen-bond donors (Lipinski definition) is 2. The molecule has 0 saturated carbocycles. The van der Waals surface area contributed by atoms with Crippen molar-refractivity contribution in [1.82, 2.24) is 14.7 Å². The van der Waals surface area contributed by atoms with Crippen LogP contribution in [0.4, 0.5) is 11.6 Å². The van der Waals surface area contributed by atoms with Crippen molar-refractivity contribution < 1.29 is 17.9 Å². The summed E-state index contributed by atoms with van der Waals surface area (Å²) in [5.74, 6) is 0.477. The highest BCUT2D eigenvalue weighted by atomic mass is 32.2. The summed E-state index contributed by atoms with van der Waals surface area (Å²) in [7, 11) is 0.403. The number of nitrogens with one attached hydrogen (secondary N) is 2. The number of nitrogens with zero attached hydrogens (tertiary/aromatic N) is 3. The largest absolute Gasteiger partial charge is 0.378 e. The van der Waals surface area contributed by atoms with E-state index in [9.17, 15) is 8.42 Å². The van der Waals surface area contributed by atoms with Gasteiger partial charge in [0.25, 0.3) is 0 Å². The Morgan fingerprint density at radius 1 is 1.03 bits per heavy atom. The van der Waals surface area contributed by atoms with Crippen LogP contribution in [0.5, 0.6) is 0 Å². The van der Waals surface area contributed by atoms with E-state index in [1.807, 2.05) is 49.3 Å². The van der Waals surface area contributed by atoms with Crippen LogP contribution in [-0.4, -0.2) is 70.0 Å². The zero-order valence-electron chi connectivity index (χ0n) is 18.2. The minimum Gasteiger partial charge on any atom is -0.378 e. The topological polar surface area (TPSA) is 106 Å². The first-order chi connectivity index (χ1) is 15.9. The summed E-state index contributed by atoms with van der Waals surface area (Å²) in [6, 6.07) is 12.7. The molecule has 0 amide bonds. The lowest BCUT2D eigenvalue weighted by Gasteiger charge is -2.18. The summed E-state index contributed by atoms with van der Waals surface area (Å²) >= 11 is 1.18. The van der Waals surface area contributed by atoms with Gasteiger partial charge in [-0.15, -0.1) is 11.3 Å². The molecule has 5 rings (SSSR count). The normalized spacial score (nSPS) is 24.5. The molecule has 4 atom stereocenters. The van der Waals surface area contributed by atoms with E-state index in [1.54, 1.807) is 23.7 Å². The van der Waals surface area contributed by atoms with Gasteiger partial charge in [0.15, 0.2) is 0 Å². The number of fused-ring (bicyclic) bond motifs is 1. The number of sulfonamides is 1. The molecule has 2 saturated heterocycles. The molecule has 4 heterocycles. The van der Waals surface area contributed by atoms with Crippen LogP contribution in [0.2, 0.25) is 0 Å². The first-order valence-electron chi connectivity index (χ1n) is 10.6. The minimum absolute atomic E-state index is 0.183. The first-order valence-corrected chi connectivity index (χ1v) is 12.9. The molecule has 2 aromatic heterocycles. The van der Waals surface area contributed by atoms with Crippen LogP contribution < -0.4 is 14.9 Å². The van der Waals surface area contributed by atoms with E-state index >= 15 is 0 Å². The maximum Gasteiger partial charge on any atom is 0.250 e. The standard InChI is InChI=1S/C22H25N5O4S2/c1-27(2)15-7-5-14(6-8-15)16-9-10-23-22(24-16)25-17-12-30-21-18(13-31-20(17)21)26-33(28,29)19-4-3-11-32-19/h3-11,17-18,20-21,26H,12-13H2,1-2H3,(H,23,24,25)/t17-,18+,20-,21+/m1/s1. The van der Waals surface area contributed by atoms with Gasteiger partial charge in [0, 0.05) is 31.5 Å². The van der Waals surface area contributed by atoms with Crippen LogP contribution in [0.25, 0.3) is 11.3 Å². The Morgan fingerprint density at radius 3 is 2.45 bits per heavy atom. The second-order valence-electron chi connectivity index (χ2n) is 8.21. The summed E-state index contributed by atoms with van der Waals surface area (Å²) in [5, 5.41) is 5.04. The van der Waals surface area contributed by atoms with E-state index in [2.05, 4.69) is 20.0 Å². The number of aromatic nitrogens is 2. The number of benzene rings is 1. The molecular formula is C22H25N5O4S2. The fourth-order valence-electron chi connectivity index (χ4n) is 4.08. The molecule has 1 aromatic carbocycles. The molecule has 0 radical (unpaired) electrons. The lowest BCUT2D eigenvalue weighted by atomic mass is 10.1. The highest BCUT2D eigenvalue weighted by molar-refractivity contribution is 7.91. The van der Waals surface area contributed by atoms with Gasteiger partial charge in [-0.1, -0.05) is 18.2 Å². The predicted molar refractivity (Wildman–Crippen MR) is 127 cm³/mol. The van der Waals surface area contributed by atoms with E-state index in [0.717, 1.165) is 16.9 Å². The van der Waals surface area contributed by atoms with E-state index in [-0.39, 0.29) is 29.1 Å². The lowest BCUT2D eigenvalue weighted by Crippen LogP contribution is -2.44. The van der Waals surface area contributed by atoms with Crippen molar-refractivity contribution in [3.8, 4) is 11.3 Å². The van der Waals surface area contributed by atoms with Gasteiger partial charge in [-0.25, -0.2) is 23.1 Å². The molecule has 11 heteroatoms. The van der Waals surface area contributed by atoms with Crippen molar-refractivity contribution in [2.75, 3.05) is 37.5 Å². The predicted octanol–water partition coefficient (Wildman–Crippen LogP) is 2.20. The lowest BCUT2D eigenvalue weighted by molar-refractivity contribution is 0.0690. The average Bonchev–Trinajstić information content (AvgIpc) is 3.55. The summed E-state index contributed by atoms with van der Waals surface area (Å²) in [6.45, 7) is 0.620. The third-order valence-corrected chi connectivity index (χ3v) is 8.66. The first kappa shape index (κ1) is 22.2. The van der Waals surface area contributed by atoms with Gasteiger partial charge in [0.05, 0.1) is 31.0 Å². The van der Waals surface area contributed by atoms with Crippen molar-refractivity contribution in [2.24, 2.45) is 0 Å². The fourth-order valence-corrected chi connectivity index (χ4v) is 6.32. The fraction of sp³-hybridized carbons (Fsp3) is 0.364. The molecule has 2 aliphatic rings. The second-order valence-corrected chi connectivity index (χ2v) is 11.1. The Kier molecular flexibility index (Phi) is 6.06. The van der Waals surface area contributed by atoms with E-state index in [0.29, 0.717) is 12.6 Å². The number of thiophene rings is 1. The molecule has 2 aliphatic heterocycles. The zero-order valence-corrected chi connectivity index (χ0v) is 19.8. The van der Waals surface area contributed by atoms with Crippen molar-refractivity contribution in [3.05, 3.63) is 54.0 Å². The van der Waals surface area contributed by atoms with E-state index < -0.39 is 16.1 Å². The summed E-state index contributed by atoms with van der Waals surface area (Å²) in [5.41, 5.74) is 2.91. The summed E-state index contributed by atoms with van der Waals surface area (Å²) in [6.07, 6.45) is 1.04. The van der Waals surface area contributed by atoms with Gasteiger partial charge in [0.1, 0.15) is 16.4 Å². The van der Waals surface area contributed by atoms with E-state index in [1.165, 1.54) is 11.3 Å². The van der Waals surface area contributed by atoms with Crippen LogP contribution in [0.3, 0.4) is 0 Å². The molecule has 2 N–H and O–H groups in total. The molecule has 174 valence electrons. The molecular weight excluding hydrogens is 462 g/mol. The summed E-state index contributed by atoms with van der Waals surface area (Å²) < 4.78 is 40.0. The number of hydrogen-bond acceptors (Lipinski definition) is 9. The molecule has 0 aliphatic carbocycles. The maximum absolute atomic E-state index is 12.6. The molecule has 2 fully saturated rings. The zero-order chi connectivity index (χ0) is 23.0. The highest BCUT2D eigenvalue weighted by Gasteiger charge is 2.49. The van der Waals surface area contributed by atoms with Gasteiger partial charge < -0.3 is 19.7 Å². The highest BCUT2D eigenvalue weighted by Crippen LogP contribution is 2.30. The van der Waals surface area contributed by atoms with Gasteiger partial charge in [-0.05, 0) is 29.6 Å². The molecule has 3 aromatic rings. The second kappa shape index (κ2) is 8.99. The Bertz CT molecular complexity index is 1200. The third-order valence-electron chi connectivity index (χ3n) is 5.77. The number of rotatable bonds is 7. The van der Waals surface area contributed by atoms with Crippen LogP contribution in [-0.2, 0) is 19.5 Å². The van der Waals surface area contributed by atoms with Gasteiger partial charge in [-0.3, -0.25) is 0 Å². The van der Waals surface area contributed by atoms with Crippen molar-refractivity contribution in [1.29, 1.82) is 0 Å². The minimum atomic E-state index is -3.60. The van der Waals surface area contributed by atoms with Crippen molar-refractivity contribution in [2.45, 2.75) is 28.5 Å². The molecule has 0 spiro atoms. The third kappa shape index (κ3) is 4.59. The molecule has 0 bridgehead atoms. The summed E-state index contributed by atoms with van der Waals surface area (Å²) in [4.78, 5) is 11.0. The quantitative estimate of drug-likeness (QED) is 0.523. The van der Waals surface area contributed by atoms with Gasteiger partial charge in [0.2, 0.25) is 16.0 Å². The van der Waals surface area contributed by atoms with E-state index in [4.69, 9.17) is 9.47 Å². The Morgan fingerprint density at radius 2 is 1.76 bits per heavy atom. The molecule has 9 nitrogen and oxygen atoms in total. The van der Waals surface area contributed by atoms with Gasteiger partial charge in [-0.2, -0.15) is 0 Å².